The Balaban J connectivity index is 2.90. The van der Waals surface area contributed by atoms with E-state index in [0.29, 0.717) is 0 Å². The van der Waals surface area contributed by atoms with Gasteiger partial charge in [-0.3, -0.25) is 4.79 Å². The van der Waals surface area contributed by atoms with Crippen LogP contribution in [-0.2, 0) is 4.79 Å². The fraction of sp³-hybridized carbons (Fsp3) is 0.476. The monoisotopic (exact) mass is 298 g/mol. The molecule has 0 saturated carbocycles. The zero-order valence-electron chi connectivity index (χ0n) is 15.0. The van der Waals surface area contributed by atoms with Crippen LogP contribution in [0.2, 0.25) is 0 Å². The van der Waals surface area contributed by atoms with Crippen LogP contribution in [0.25, 0.3) is 0 Å². The van der Waals surface area contributed by atoms with Crippen LogP contribution in [0.5, 0.6) is 0 Å². The average molecular weight is 298 g/mol. The molecule has 0 aromatic rings. The van der Waals surface area contributed by atoms with E-state index >= 15 is 0 Å². The molecule has 0 bridgehead atoms. The third-order valence-electron chi connectivity index (χ3n) is 4.59. The number of rotatable bonds is 5. The number of aldehydes is 1. The van der Waals surface area contributed by atoms with Crippen molar-refractivity contribution in [3.05, 3.63) is 58.2 Å². The minimum absolute atomic E-state index is 0.286. The van der Waals surface area contributed by atoms with E-state index in [1.807, 2.05) is 13.8 Å². The Morgan fingerprint density at radius 3 is 2.27 bits per heavy atom. The van der Waals surface area contributed by atoms with Crippen LogP contribution in [0.4, 0.5) is 0 Å². The largest absolute Gasteiger partial charge is 0.299 e. The van der Waals surface area contributed by atoms with E-state index in [4.69, 9.17) is 0 Å². The van der Waals surface area contributed by atoms with E-state index < -0.39 is 0 Å². The van der Waals surface area contributed by atoms with Crippen molar-refractivity contribution in [2.45, 2.75) is 60.8 Å². The van der Waals surface area contributed by atoms with Gasteiger partial charge >= 0.3 is 0 Å². The Morgan fingerprint density at radius 2 is 1.68 bits per heavy atom. The molecule has 0 atom stereocenters. The lowest BCUT2D eigenvalue weighted by Gasteiger charge is -2.32. The zero-order chi connectivity index (χ0) is 16.8. The fourth-order valence-electron chi connectivity index (χ4n) is 2.90. The standard InChI is InChI=1S/C21H30O/c1-16(9-11-17(2)18(3)13-15-22)10-12-20-19(4)8-7-14-21(20,5)6/h9-13,15H,7-8,14H2,1-6H3. The summed E-state index contributed by atoms with van der Waals surface area (Å²) in [5, 5.41) is 0. The van der Waals surface area contributed by atoms with Crippen molar-refractivity contribution in [1.29, 1.82) is 0 Å². The molecule has 0 unspecified atom stereocenters. The third kappa shape index (κ3) is 5.29. The molecule has 1 heteroatoms. The van der Waals surface area contributed by atoms with Gasteiger partial charge in [0, 0.05) is 0 Å². The predicted octanol–water partition coefficient (Wildman–Crippen LogP) is 6.11. The summed E-state index contributed by atoms with van der Waals surface area (Å²) >= 11 is 0. The van der Waals surface area contributed by atoms with Gasteiger partial charge in [-0.15, -0.1) is 0 Å². The van der Waals surface area contributed by atoms with Crippen molar-refractivity contribution in [3.8, 4) is 0 Å². The van der Waals surface area contributed by atoms with Gasteiger partial charge in [0.25, 0.3) is 0 Å². The van der Waals surface area contributed by atoms with Gasteiger partial charge < -0.3 is 0 Å². The van der Waals surface area contributed by atoms with Crippen molar-refractivity contribution >= 4 is 6.29 Å². The van der Waals surface area contributed by atoms with E-state index in [9.17, 15) is 4.79 Å². The molecule has 0 N–H and O–H groups in total. The maximum absolute atomic E-state index is 10.5. The number of carbonyl (C=O) groups is 1. The minimum atomic E-state index is 0.286. The predicted molar refractivity (Wildman–Crippen MR) is 96.8 cm³/mol. The summed E-state index contributed by atoms with van der Waals surface area (Å²) in [5.74, 6) is 0. The average Bonchev–Trinajstić information content (AvgIpc) is 2.43. The summed E-state index contributed by atoms with van der Waals surface area (Å²) in [6.07, 6.45) is 14.9. The highest BCUT2D eigenvalue weighted by atomic mass is 16.1. The van der Waals surface area contributed by atoms with Crippen LogP contribution in [0, 0.1) is 5.41 Å². The van der Waals surface area contributed by atoms with E-state index in [1.165, 1.54) is 36.0 Å². The Labute approximate surface area is 136 Å². The molecule has 1 nitrogen and oxygen atoms in total. The van der Waals surface area contributed by atoms with Gasteiger partial charge in [0.05, 0.1) is 0 Å². The van der Waals surface area contributed by atoms with Gasteiger partial charge in [0.1, 0.15) is 6.29 Å². The summed E-state index contributed by atoms with van der Waals surface area (Å²) in [4.78, 5) is 10.5. The molecule has 120 valence electrons. The smallest absolute Gasteiger partial charge is 0.143 e. The van der Waals surface area contributed by atoms with E-state index in [2.05, 4.69) is 52.0 Å². The first-order valence-corrected chi connectivity index (χ1v) is 8.14. The maximum atomic E-state index is 10.5. The molecule has 0 radical (unpaired) electrons. The second-order valence-electron chi connectivity index (χ2n) is 7.01. The lowest BCUT2D eigenvalue weighted by atomic mass is 9.72. The molecule has 0 aliphatic heterocycles. The molecule has 1 aliphatic rings. The number of hydrogen-bond donors (Lipinski definition) is 0. The fourth-order valence-corrected chi connectivity index (χ4v) is 2.90. The molecule has 0 spiro atoms. The van der Waals surface area contributed by atoms with Gasteiger partial charge in [-0.1, -0.05) is 49.3 Å². The summed E-state index contributed by atoms with van der Waals surface area (Å²) in [5.41, 5.74) is 6.65. The van der Waals surface area contributed by atoms with Gasteiger partial charge in [-0.2, -0.15) is 0 Å². The van der Waals surface area contributed by atoms with Crippen LogP contribution in [0.3, 0.4) is 0 Å². The van der Waals surface area contributed by atoms with Gasteiger partial charge in [0.2, 0.25) is 0 Å². The Bertz CT molecular complexity index is 563. The lowest BCUT2D eigenvalue weighted by Crippen LogP contribution is -2.19. The molecule has 1 rings (SSSR count). The number of hydrogen-bond acceptors (Lipinski definition) is 1. The molecule has 0 heterocycles. The minimum Gasteiger partial charge on any atom is -0.299 e. The lowest BCUT2D eigenvalue weighted by molar-refractivity contribution is -0.104. The molecule has 22 heavy (non-hydrogen) atoms. The molecular weight excluding hydrogens is 268 g/mol. The first-order valence-electron chi connectivity index (χ1n) is 8.14. The highest BCUT2D eigenvalue weighted by molar-refractivity contribution is 5.67. The van der Waals surface area contributed by atoms with E-state index in [0.717, 1.165) is 17.4 Å². The van der Waals surface area contributed by atoms with Crippen LogP contribution in [-0.4, -0.2) is 6.29 Å². The van der Waals surface area contributed by atoms with Crippen LogP contribution in [0.1, 0.15) is 60.8 Å². The molecule has 0 amide bonds. The molecule has 0 aromatic carbocycles. The van der Waals surface area contributed by atoms with Crippen molar-refractivity contribution in [2.24, 2.45) is 5.41 Å². The van der Waals surface area contributed by atoms with Gasteiger partial charge in [0.15, 0.2) is 0 Å². The quantitative estimate of drug-likeness (QED) is 0.340. The summed E-state index contributed by atoms with van der Waals surface area (Å²) in [6, 6.07) is 0. The first-order chi connectivity index (χ1) is 10.3. The van der Waals surface area contributed by atoms with Crippen LogP contribution in [0.15, 0.2) is 58.2 Å². The molecular formula is C21H30O. The number of allylic oxidation sites excluding steroid dienone is 10. The highest BCUT2D eigenvalue weighted by Gasteiger charge is 2.26. The maximum Gasteiger partial charge on any atom is 0.143 e. The van der Waals surface area contributed by atoms with Crippen molar-refractivity contribution in [1.82, 2.24) is 0 Å². The molecule has 1 aliphatic carbocycles. The Morgan fingerprint density at radius 1 is 1.05 bits per heavy atom. The summed E-state index contributed by atoms with van der Waals surface area (Å²) in [6.45, 7) is 13.0. The number of carbonyl (C=O) groups excluding carboxylic acids is 1. The van der Waals surface area contributed by atoms with Gasteiger partial charge in [-0.25, -0.2) is 0 Å². The van der Waals surface area contributed by atoms with Crippen molar-refractivity contribution < 1.29 is 4.79 Å². The zero-order valence-corrected chi connectivity index (χ0v) is 15.0. The SMILES string of the molecule is CC(C=CC1=C(C)CCCC1(C)C)=CC=C(C)C(C)=CC=O. The van der Waals surface area contributed by atoms with Crippen LogP contribution < -0.4 is 0 Å². The molecule has 0 fully saturated rings. The summed E-state index contributed by atoms with van der Waals surface area (Å²) < 4.78 is 0. The highest BCUT2D eigenvalue weighted by Crippen LogP contribution is 2.40. The second-order valence-corrected chi connectivity index (χ2v) is 7.01. The first kappa shape index (κ1) is 18.4. The topological polar surface area (TPSA) is 17.1 Å². The summed E-state index contributed by atoms with van der Waals surface area (Å²) in [7, 11) is 0. The Kier molecular flexibility index (Phi) is 6.80. The van der Waals surface area contributed by atoms with Gasteiger partial charge in [-0.05, 0) is 75.2 Å². The third-order valence-corrected chi connectivity index (χ3v) is 4.59. The molecule has 0 aromatic heterocycles. The van der Waals surface area contributed by atoms with Crippen molar-refractivity contribution in [2.75, 3.05) is 0 Å². The molecule has 0 saturated heterocycles. The normalized spacial score (nSPS) is 20.7. The van der Waals surface area contributed by atoms with E-state index in [-0.39, 0.29) is 5.41 Å². The second kappa shape index (κ2) is 8.12. The Hall–Kier alpha value is -1.63. The van der Waals surface area contributed by atoms with Crippen LogP contribution >= 0.6 is 0 Å². The van der Waals surface area contributed by atoms with E-state index in [1.54, 1.807) is 6.08 Å². The van der Waals surface area contributed by atoms with Crippen molar-refractivity contribution in [3.63, 3.8) is 0 Å².